The van der Waals surface area contributed by atoms with Crippen LogP contribution < -0.4 is 10.5 Å². The van der Waals surface area contributed by atoms with Gasteiger partial charge >= 0.3 is 0 Å². The number of aromatic nitrogens is 1. The summed E-state index contributed by atoms with van der Waals surface area (Å²) < 4.78 is 19.3. The molecule has 3 rings (SSSR count). The lowest BCUT2D eigenvalue weighted by Crippen LogP contribution is -2.02. The molecule has 0 aliphatic rings. The highest BCUT2D eigenvalue weighted by molar-refractivity contribution is 9.10. The van der Waals surface area contributed by atoms with E-state index in [2.05, 4.69) is 20.9 Å². The van der Waals surface area contributed by atoms with E-state index in [1.54, 1.807) is 0 Å². The van der Waals surface area contributed by atoms with Crippen LogP contribution in [-0.2, 0) is 6.61 Å². The van der Waals surface area contributed by atoms with Crippen molar-refractivity contribution >= 4 is 32.5 Å². The molecule has 5 heteroatoms. The summed E-state index contributed by atoms with van der Waals surface area (Å²) in [5, 5.41) is 1.07. The van der Waals surface area contributed by atoms with Gasteiger partial charge in [-0.15, -0.1) is 0 Å². The van der Waals surface area contributed by atoms with Gasteiger partial charge in [-0.3, -0.25) is 0 Å². The zero-order valence-corrected chi connectivity index (χ0v) is 12.6. The van der Waals surface area contributed by atoms with Crippen molar-refractivity contribution in [3.8, 4) is 5.75 Å². The number of pyridine rings is 1. The summed E-state index contributed by atoms with van der Waals surface area (Å²) in [6.45, 7) is 0.263. The van der Waals surface area contributed by atoms with Crippen LogP contribution in [0.2, 0.25) is 0 Å². The van der Waals surface area contributed by atoms with Crippen molar-refractivity contribution in [2.24, 2.45) is 0 Å². The maximum Gasteiger partial charge on any atom is 0.157 e. The molecule has 2 N–H and O–H groups in total. The minimum atomic E-state index is -0.407. The van der Waals surface area contributed by atoms with E-state index in [4.69, 9.17) is 10.5 Å². The Morgan fingerprint density at radius 3 is 2.76 bits per heavy atom. The molecule has 3 nitrogen and oxygen atoms in total. The third-order valence-corrected chi connectivity index (χ3v) is 3.65. The van der Waals surface area contributed by atoms with Crippen molar-refractivity contribution in [1.29, 1.82) is 0 Å². The number of nitrogen functional groups attached to an aromatic ring is 1. The predicted molar refractivity (Wildman–Crippen MR) is 84.6 cm³/mol. The minimum Gasteiger partial charge on any atom is -0.484 e. The Kier molecular flexibility index (Phi) is 3.75. The number of nitrogens with two attached hydrogens (primary N) is 1. The molecule has 2 aromatic carbocycles. The fourth-order valence-corrected chi connectivity index (χ4v) is 2.63. The Hall–Kier alpha value is -2.14. The van der Waals surface area contributed by atoms with Gasteiger partial charge in [-0.1, -0.05) is 24.3 Å². The number of ether oxygens (including phenoxy) is 1. The first-order valence-electron chi connectivity index (χ1n) is 6.35. The third-order valence-electron chi connectivity index (χ3n) is 3.06. The van der Waals surface area contributed by atoms with E-state index in [-0.39, 0.29) is 12.3 Å². The Bertz CT molecular complexity index is 784. The lowest BCUT2D eigenvalue weighted by molar-refractivity contribution is 0.301. The van der Waals surface area contributed by atoms with E-state index in [1.165, 1.54) is 12.1 Å². The largest absolute Gasteiger partial charge is 0.484 e. The Morgan fingerprint density at radius 2 is 1.95 bits per heavy atom. The van der Waals surface area contributed by atoms with Crippen LogP contribution in [0.4, 0.5) is 10.1 Å². The molecule has 3 aromatic rings. The molecule has 0 radical (unpaired) electrons. The lowest BCUT2D eigenvalue weighted by Gasteiger charge is -2.11. The number of rotatable bonds is 3. The molecule has 0 saturated heterocycles. The predicted octanol–water partition coefficient (Wildman–Crippen LogP) is 4.30. The monoisotopic (exact) mass is 346 g/mol. The van der Waals surface area contributed by atoms with Crippen molar-refractivity contribution in [3.05, 3.63) is 64.5 Å². The van der Waals surface area contributed by atoms with E-state index in [9.17, 15) is 4.39 Å². The van der Waals surface area contributed by atoms with Crippen LogP contribution >= 0.6 is 15.9 Å². The maximum absolute atomic E-state index is 13.2. The summed E-state index contributed by atoms with van der Waals surface area (Å²) in [5.74, 6) is 0.0157. The average Bonchev–Trinajstić information content (AvgIpc) is 2.46. The molecule has 0 unspecified atom stereocenters. The van der Waals surface area contributed by atoms with Crippen molar-refractivity contribution in [2.75, 3.05) is 5.73 Å². The van der Waals surface area contributed by atoms with Gasteiger partial charge in [0.05, 0.1) is 21.4 Å². The van der Waals surface area contributed by atoms with Gasteiger partial charge in [0.2, 0.25) is 0 Å². The first-order valence-corrected chi connectivity index (χ1v) is 7.15. The van der Waals surface area contributed by atoms with Gasteiger partial charge in [0, 0.05) is 11.5 Å². The quantitative estimate of drug-likeness (QED) is 0.719. The molecule has 0 aliphatic carbocycles. The van der Waals surface area contributed by atoms with Crippen LogP contribution in [0.3, 0.4) is 0 Å². The number of anilines is 1. The molecule has 0 atom stereocenters. The van der Waals surface area contributed by atoms with Gasteiger partial charge in [0.25, 0.3) is 0 Å². The topological polar surface area (TPSA) is 48.1 Å². The zero-order chi connectivity index (χ0) is 14.8. The molecule has 21 heavy (non-hydrogen) atoms. The van der Waals surface area contributed by atoms with E-state index in [1.807, 2.05) is 36.4 Å². The number of para-hydroxylation sites is 1. The molecule has 106 valence electrons. The number of nitrogens with zero attached hydrogens (tertiary/aromatic N) is 1. The van der Waals surface area contributed by atoms with E-state index in [0.29, 0.717) is 10.2 Å². The third kappa shape index (κ3) is 2.97. The van der Waals surface area contributed by atoms with E-state index >= 15 is 0 Å². The second-order valence-electron chi connectivity index (χ2n) is 4.59. The second-order valence-corrected chi connectivity index (χ2v) is 5.44. The molecule has 1 heterocycles. The molecule has 0 spiro atoms. The molecular weight excluding hydrogens is 335 g/mol. The second kappa shape index (κ2) is 5.69. The van der Waals surface area contributed by atoms with Crippen LogP contribution in [0, 0.1) is 5.82 Å². The highest BCUT2D eigenvalue weighted by Crippen LogP contribution is 2.32. The van der Waals surface area contributed by atoms with E-state index < -0.39 is 5.82 Å². The summed E-state index contributed by atoms with van der Waals surface area (Å²) in [6.07, 6.45) is 0. The van der Waals surface area contributed by atoms with Gasteiger partial charge in [0.15, 0.2) is 5.75 Å². The standard InChI is InChI=1S/C16H12BrFN2O/c17-13-7-11(18)8-14(19)16(13)21-9-12-6-5-10-3-1-2-4-15(10)20-12/h1-8H,9,19H2. The maximum atomic E-state index is 13.2. The smallest absolute Gasteiger partial charge is 0.157 e. The first kappa shape index (κ1) is 13.8. The molecule has 0 aliphatic heterocycles. The highest BCUT2D eigenvalue weighted by Gasteiger charge is 2.09. The normalized spacial score (nSPS) is 10.8. The minimum absolute atomic E-state index is 0.252. The van der Waals surface area contributed by atoms with Crippen LogP contribution in [-0.4, -0.2) is 4.98 Å². The van der Waals surface area contributed by atoms with Crippen molar-refractivity contribution in [1.82, 2.24) is 4.98 Å². The van der Waals surface area contributed by atoms with Crippen LogP contribution in [0.25, 0.3) is 10.9 Å². The van der Waals surface area contributed by atoms with Gasteiger partial charge in [0.1, 0.15) is 12.4 Å². The molecule has 0 saturated carbocycles. The van der Waals surface area contributed by atoms with Crippen molar-refractivity contribution in [2.45, 2.75) is 6.61 Å². The molecule has 0 bridgehead atoms. The van der Waals surface area contributed by atoms with Crippen LogP contribution in [0.5, 0.6) is 5.75 Å². The number of hydrogen-bond donors (Lipinski definition) is 1. The lowest BCUT2D eigenvalue weighted by atomic mass is 10.2. The summed E-state index contributed by atoms with van der Waals surface area (Å²) in [6, 6.07) is 14.3. The molecule has 0 amide bonds. The summed E-state index contributed by atoms with van der Waals surface area (Å²) in [5.41, 5.74) is 7.70. The highest BCUT2D eigenvalue weighted by atomic mass is 79.9. The molecule has 1 aromatic heterocycles. The summed E-state index contributed by atoms with van der Waals surface area (Å²) >= 11 is 3.25. The van der Waals surface area contributed by atoms with Gasteiger partial charge in [-0.25, -0.2) is 9.37 Å². The van der Waals surface area contributed by atoms with Crippen molar-refractivity contribution < 1.29 is 9.13 Å². The fourth-order valence-electron chi connectivity index (χ4n) is 2.07. The van der Waals surface area contributed by atoms with E-state index in [0.717, 1.165) is 16.6 Å². The van der Waals surface area contributed by atoms with Crippen molar-refractivity contribution in [3.63, 3.8) is 0 Å². The van der Waals surface area contributed by atoms with Crippen LogP contribution in [0.15, 0.2) is 53.0 Å². The Balaban J connectivity index is 1.83. The fraction of sp³-hybridized carbons (Fsp3) is 0.0625. The Labute approximate surface area is 129 Å². The van der Waals surface area contributed by atoms with Crippen LogP contribution in [0.1, 0.15) is 5.69 Å². The van der Waals surface area contributed by atoms with Gasteiger partial charge < -0.3 is 10.5 Å². The van der Waals surface area contributed by atoms with Gasteiger partial charge in [-0.05, 0) is 34.1 Å². The van der Waals surface area contributed by atoms with Gasteiger partial charge in [-0.2, -0.15) is 0 Å². The number of benzene rings is 2. The SMILES string of the molecule is Nc1cc(F)cc(Br)c1OCc1ccc2ccccc2n1. The molecular formula is C16H12BrFN2O. The first-order chi connectivity index (χ1) is 10.1. The molecule has 0 fully saturated rings. The number of fused-ring (bicyclic) bond motifs is 1. The Morgan fingerprint density at radius 1 is 1.14 bits per heavy atom. The number of hydrogen-bond acceptors (Lipinski definition) is 3. The average molecular weight is 347 g/mol. The summed E-state index contributed by atoms with van der Waals surface area (Å²) in [4.78, 5) is 4.51. The number of halogens is 2. The summed E-state index contributed by atoms with van der Waals surface area (Å²) in [7, 11) is 0. The zero-order valence-electron chi connectivity index (χ0n) is 11.0.